The number of hydrogen-bond acceptors (Lipinski definition) is 8. The van der Waals surface area contributed by atoms with Crippen LogP contribution in [-0.2, 0) is 0 Å². The summed E-state index contributed by atoms with van der Waals surface area (Å²) in [5, 5.41) is 2.43. The van der Waals surface area contributed by atoms with E-state index in [1.54, 1.807) is 11.3 Å². The van der Waals surface area contributed by atoms with Gasteiger partial charge in [-0.15, -0.1) is 11.3 Å². The summed E-state index contributed by atoms with van der Waals surface area (Å²) in [6.45, 7) is 0. The molecule has 3 heterocycles. The standard InChI is InChI=1S/C48H30N6OS/c1-4-13-31(14-5-1)43-49-44(32-15-6-2-7-16-32)52-47(51-43)35-19-12-20-38(29-35)55-37-26-23-34(24-27-37)46-50-45(33-17-8-3-9-18-33)53-48(54-46)36-25-28-42-40(30-36)39-21-10-11-22-41(39)56-42/h1-30H. The number of nitrogens with zero attached hydrogens (tertiary/aromatic N) is 6. The van der Waals surface area contributed by atoms with Crippen LogP contribution >= 0.6 is 11.3 Å². The van der Waals surface area contributed by atoms with Gasteiger partial charge in [-0.2, -0.15) is 0 Å². The molecule has 0 aliphatic carbocycles. The summed E-state index contributed by atoms with van der Waals surface area (Å²) in [5.41, 5.74) is 5.35. The average Bonchev–Trinajstić information content (AvgIpc) is 3.65. The molecule has 10 aromatic rings. The Labute approximate surface area is 326 Å². The molecular weight excluding hydrogens is 709 g/mol. The molecule has 56 heavy (non-hydrogen) atoms. The van der Waals surface area contributed by atoms with E-state index >= 15 is 0 Å². The van der Waals surface area contributed by atoms with Crippen molar-refractivity contribution >= 4 is 31.5 Å². The molecule has 3 aromatic heterocycles. The van der Waals surface area contributed by atoms with Crippen LogP contribution in [0.5, 0.6) is 11.5 Å². The molecular formula is C48H30N6OS. The van der Waals surface area contributed by atoms with Crippen LogP contribution in [0.15, 0.2) is 182 Å². The molecule has 7 nitrogen and oxygen atoms in total. The fraction of sp³-hybridized carbons (Fsp3) is 0. The second-order valence-corrected chi connectivity index (χ2v) is 14.3. The first kappa shape index (κ1) is 33.2. The van der Waals surface area contributed by atoms with E-state index in [1.807, 2.05) is 140 Å². The number of ether oxygens (including phenoxy) is 1. The molecule has 0 saturated carbocycles. The molecule has 8 heteroatoms. The summed E-state index contributed by atoms with van der Waals surface area (Å²) in [6.07, 6.45) is 0. The molecule has 264 valence electrons. The maximum Gasteiger partial charge on any atom is 0.164 e. The number of fused-ring (bicyclic) bond motifs is 3. The highest BCUT2D eigenvalue weighted by Gasteiger charge is 2.16. The van der Waals surface area contributed by atoms with Crippen LogP contribution in [0.1, 0.15) is 0 Å². The number of aromatic nitrogens is 6. The smallest absolute Gasteiger partial charge is 0.164 e. The minimum Gasteiger partial charge on any atom is -0.457 e. The van der Waals surface area contributed by atoms with Crippen molar-refractivity contribution in [1.29, 1.82) is 0 Å². The third-order valence-corrected chi connectivity index (χ3v) is 10.6. The van der Waals surface area contributed by atoms with Crippen molar-refractivity contribution in [3.05, 3.63) is 182 Å². The molecule has 0 saturated heterocycles. The first-order valence-corrected chi connectivity index (χ1v) is 19.0. The molecule has 7 aromatic carbocycles. The molecule has 0 aliphatic rings. The molecule has 0 aliphatic heterocycles. The quantitative estimate of drug-likeness (QED) is 0.153. The van der Waals surface area contributed by atoms with Crippen molar-refractivity contribution in [1.82, 2.24) is 29.9 Å². The fourth-order valence-corrected chi connectivity index (χ4v) is 7.75. The second-order valence-electron chi connectivity index (χ2n) is 13.2. The summed E-state index contributed by atoms with van der Waals surface area (Å²) < 4.78 is 8.88. The maximum atomic E-state index is 6.39. The van der Waals surface area contributed by atoms with Gasteiger partial charge in [0.05, 0.1) is 0 Å². The van der Waals surface area contributed by atoms with Gasteiger partial charge in [0.15, 0.2) is 34.9 Å². The number of hydrogen-bond donors (Lipinski definition) is 0. The SMILES string of the molecule is c1ccc(-c2nc(-c3ccccc3)nc(-c3cccc(Oc4ccc(-c5nc(-c6ccccc6)nc(-c6ccc7sc8ccccc8c7c6)n5)cc4)c3)n2)cc1. The zero-order chi connectivity index (χ0) is 37.3. The Morgan fingerprint density at radius 2 is 0.696 bits per heavy atom. The molecule has 0 N–H and O–H groups in total. The van der Waals surface area contributed by atoms with Crippen LogP contribution in [-0.4, -0.2) is 29.9 Å². The van der Waals surface area contributed by atoms with Gasteiger partial charge in [0.25, 0.3) is 0 Å². The average molecular weight is 739 g/mol. The van der Waals surface area contributed by atoms with Crippen molar-refractivity contribution in [3.8, 4) is 79.8 Å². The third-order valence-electron chi connectivity index (χ3n) is 9.44. The van der Waals surface area contributed by atoms with Crippen molar-refractivity contribution < 1.29 is 4.74 Å². The van der Waals surface area contributed by atoms with E-state index < -0.39 is 0 Å². The van der Waals surface area contributed by atoms with Gasteiger partial charge < -0.3 is 4.74 Å². The van der Waals surface area contributed by atoms with Crippen molar-refractivity contribution in [2.24, 2.45) is 0 Å². The zero-order valence-electron chi connectivity index (χ0n) is 29.8. The lowest BCUT2D eigenvalue weighted by Gasteiger charge is -2.11. The van der Waals surface area contributed by atoms with Crippen LogP contribution in [0, 0.1) is 0 Å². The zero-order valence-corrected chi connectivity index (χ0v) is 30.6. The fourth-order valence-electron chi connectivity index (χ4n) is 6.66. The van der Waals surface area contributed by atoms with Gasteiger partial charge in [0.2, 0.25) is 0 Å². The summed E-state index contributed by atoms with van der Waals surface area (Å²) in [5.74, 6) is 4.91. The first-order chi connectivity index (χ1) is 27.7. The van der Waals surface area contributed by atoms with Gasteiger partial charge in [0, 0.05) is 53.6 Å². The van der Waals surface area contributed by atoms with E-state index in [0.29, 0.717) is 46.4 Å². The van der Waals surface area contributed by atoms with E-state index in [0.717, 1.165) is 33.4 Å². The van der Waals surface area contributed by atoms with Crippen LogP contribution in [0.25, 0.3) is 88.5 Å². The molecule has 0 amide bonds. The molecule has 0 unspecified atom stereocenters. The normalized spacial score (nSPS) is 11.2. The monoisotopic (exact) mass is 738 g/mol. The number of rotatable bonds is 8. The Hall–Kier alpha value is -7.42. The highest BCUT2D eigenvalue weighted by atomic mass is 32.1. The predicted molar refractivity (Wildman–Crippen MR) is 225 cm³/mol. The number of benzene rings is 7. The van der Waals surface area contributed by atoms with Crippen molar-refractivity contribution in [2.45, 2.75) is 0 Å². The lowest BCUT2D eigenvalue weighted by Crippen LogP contribution is -2.00. The summed E-state index contributed by atoms with van der Waals surface area (Å²) in [4.78, 5) is 29.5. The highest BCUT2D eigenvalue weighted by Crippen LogP contribution is 2.37. The van der Waals surface area contributed by atoms with E-state index in [-0.39, 0.29) is 0 Å². The number of thiophene rings is 1. The minimum atomic E-state index is 0.560. The largest absolute Gasteiger partial charge is 0.457 e. The molecule has 10 rings (SSSR count). The van der Waals surface area contributed by atoms with Gasteiger partial charge in [-0.05, 0) is 60.7 Å². The highest BCUT2D eigenvalue weighted by molar-refractivity contribution is 7.25. The predicted octanol–water partition coefficient (Wildman–Crippen LogP) is 12.2. The minimum absolute atomic E-state index is 0.560. The summed E-state index contributed by atoms with van der Waals surface area (Å²) in [6, 6.07) is 60.5. The molecule has 0 atom stereocenters. The van der Waals surface area contributed by atoms with Gasteiger partial charge in [-0.25, -0.2) is 29.9 Å². The van der Waals surface area contributed by atoms with Gasteiger partial charge in [-0.1, -0.05) is 121 Å². The second kappa shape index (κ2) is 14.4. The maximum absolute atomic E-state index is 6.39. The molecule has 0 radical (unpaired) electrons. The lowest BCUT2D eigenvalue weighted by molar-refractivity contribution is 0.483. The lowest BCUT2D eigenvalue weighted by atomic mass is 10.1. The summed E-state index contributed by atoms with van der Waals surface area (Å²) in [7, 11) is 0. The van der Waals surface area contributed by atoms with E-state index in [4.69, 9.17) is 34.6 Å². The molecule has 0 fully saturated rings. The van der Waals surface area contributed by atoms with Crippen molar-refractivity contribution in [2.75, 3.05) is 0 Å². The Morgan fingerprint density at radius 1 is 0.286 bits per heavy atom. The molecule has 0 bridgehead atoms. The van der Waals surface area contributed by atoms with E-state index in [2.05, 4.69) is 42.5 Å². The van der Waals surface area contributed by atoms with Gasteiger partial charge in [-0.3, -0.25) is 0 Å². The molecule has 0 spiro atoms. The van der Waals surface area contributed by atoms with Crippen LogP contribution < -0.4 is 4.74 Å². The Kier molecular flexibility index (Phi) is 8.55. The first-order valence-electron chi connectivity index (χ1n) is 18.2. The summed E-state index contributed by atoms with van der Waals surface area (Å²) >= 11 is 1.79. The van der Waals surface area contributed by atoms with Gasteiger partial charge >= 0.3 is 0 Å². The van der Waals surface area contributed by atoms with E-state index in [1.165, 1.54) is 20.2 Å². The van der Waals surface area contributed by atoms with Crippen LogP contribution in [0.4, 0.5) is 0 Å². The van der Waals surface area contributed by atoms with Gasteiger partial charge in [0.1, 0.15) is 11.5 Å². The Balaban J connectivity index is 0.971. The third kappa shape index (κ3) is 6.66. The van der Waals surface area contributed by atoms with Crippen molar-refractivity contribution in [3.63, 3.8) is 0 Å². The Morgan fingerprint density at radius 3 is 1.25 bits per heavy atom. The van der Waals surface area contributed by atoms with Crippen LogP contribution in [0.3, 0.4) is 0 Å². The topological polar surface area (TPSA) is 86.6 Å². The van der Waals surface area contributed by atoms with Crippen LogP contribution in [0.2, 0.25) is 0 Å². The Bertz CT molecular complexity index is 2930. The van der Waals surface area contributed by atoms with E-state index in [9.17, 15) is 0 Å².